The number of amides is 2. The maximum Gasteiger partial charge on any atom is 0.272 e. The highest BCUT2D eigenvalue weighted by atomic mass is 79.9. The fourth-order valence-corrected chi connectivity index (χ4v) is 3.69. The van der Waals surface area contributed by atoms with Crippen LogP contribution in [0.5, 0.6) is 0 Å². The van der Waals surface area contributed by atoms with Gasteiger partial charge in [-0.15, -0.1) is 0 Å². The van der Waals surface area contributed by atoms with Crippen molar-refractivity contribution in [3.05, 3.63) is 74.1 Å². The molecule has 8 nitrogen and oxygen atoms in total. The zero-order valence-electron chi connectivity index (χ0n) is 14.7. The third-order valence-electron chi connectivity index (χ3n) is 4.04. The molecule has 0 bridgehead atoms. The fourth-order valence-electron chi connectivity index (χ4n) is 2.75. The first kappa shape index (κ1) is 21.3. The Hall–Kier alpha value is -2.43. The molecule has 1 aromatic carbocycles. The number of rotatable bonds is 5. The molecule has 2 heterocycles. The van der Waals surface area contributed by atoms with Gasteiger partial charge in [0, 0.05) is 17.8 Å². The lowest BCUT2D eigenvalue weighted by Gasteiger charge is -2.16. The number of carbonyl (C=O) groups is 2. The van der Waals surface area contributed by atoms with Gasteiger partial charge in [0.15, 0.2) is 5.82 Å². The molecular formula is C18H15BrCl2N6O2. The third kappa shape index (κ3) is 4.29. The first-order chi connectivity index (χ1) is 13.9. The summed E-state index contributed by atoms with van der Waals surface area (Å²) >= 11 is 15.7. The van der Waals surface area contributed by atoms with Crippen molar-refractivity contribution in [1.29, 1.82) is 0 Å². The van der Waals surface area contributed by atoms with Crippen LogP contribution in [0.15, 0.2) is 47.2 Å². The molecule has 3 rings (SSSR count). The molecule has 0 aliphatic carbocycles. The number of hydrazine groups is 1. The number of hydrogen-bond acceptors (Lipinski definition) is 5. The number of nitrogen functional groups attached to an aromatic ring is 1. The van der Waals surface area contributed by atoms with Crippen molar-refractivity contribution in [1.82, 2.24) is 15.0 Å². The Morgan fingerprint density at radius 1 is 1.17 bits per heavy atom. The number of nitrogens with two attached hydrogens (primary N) is 2. The number of nitrogens with one attached hydrogen (secondary N) is 2. The average molecular weight is 498 g/mol. The molecule has 2 aromatic heterocycles. The minimum absolute atomic E-state index is 0.0395. The lowest BCUT2D eigenvalue weighted by Crippen LogP contribution is -2.31. The van der Waals surface area contributed by atoms with Gasteiger partial charge in [-0.25, -0.2) is 10.8 Å². The van der Waals surface area contributed by atoms with Crippen molar-refractivity contribution in [2.45, 2.75) is 6.54 Å². The van der Waals surface area contributed by atoms with E-state index in [-0.39, 0.29) is 28.5 Å². The van der Waals surface area contributed by atoms with E-state index in [0.717, 1.165) is 0 Å². The zero-order chi connectivity index (χ0) is 21.1. The van der Waals surface area contributed by atoms with Crippen LogP contribution in [0.2, 0.25) is 10.0 Å². The van der Waals surface area contributed by atoms with Crippen LogP contribution in [0.1, 0.15) is 26.4 Å². The smallest absolute Gasteiger partial charge is 0.272 e. The number of anilines is 1. The second-order valence-corrected chi connectivity index (χ2v) is 7.46. The summed E-state index contributed by atoms with van der Waals surface area (Å²) in [5.74, 6) is 4.49. The number of hydrogen-bond donors (Lipinski definition) is 4. The van der Waals surface area contributed by atoms with E-state index in [1.54, 1.807) is 41.1 Å². The van der Waals surface area contributed by atoms with Crippen LogP contribution < -0.4 is 22.3 Å². The summed E-state index contributed by atoms with van der Waals surface area (Å²) in [4.78, 5) is 29.5. The molecule has 0 fully saturated rings. The summed E-state index contributed by atoms with van der Waals surface area (Å²) in [6.45, 7) is 0.0395. The Labute approximate surface area is 184 Å². The van der Waals surface area contributed by atoms with Crippen molar-refractivity contribution in [2.75, 3.05) is 5.32 Å². The molecule has 0 spiro atoms. The lowest BCUT2D eigenvalue weighted by molar-refractivity contribution is 0.0954. The topological polar surface area (TPSA) is 128 Å². The van der Waals surface area contributed by atoms with Gasteiger partial charge >= 0.3 is 0 Å². The maximum atomic E-state index is 13.1. The van der Waals surface area contributed by atoms with Gasteiger partial charge in [0.05, 0.1) is 20.9 Å². The Balaban J connectivity index is 2.08. The predicted octanol–water partition coefficient (Wildman–Crippen LogP) is 3.26. The minimum atomic E-state index is -0.623. The van der Waals surface area contributed by atoms with Crippen LogP contribution in [-0.2, 0) is 6.54 Å². The van der Waals surface area contributed by atoms with Gasteiger partial charge in [0.2, 0.25) is 0 Å². The van der Waals surface area contributed by atoms with Crippen molar-refractivity contribution in [3.63, 3.8) is 0 Å². The van der Waals surface area contributed by atoms with Crippen molar-refractivity contribution in [2.24, 2.45) is 11.6 Å². The largest absolute Gasteiger partial charge is 0.326 e. The Morgan fingerprint density at radius 2 is 1.93 bits per heavy atom. The maximum absolute atomic E-state index is 13.1. The molecule has 0 aliphatic heterocycles. The number of nitrogens with zero attached hydrogens (tertiary/aromatic N) is 2. The van der Waals surface area contributed by atoms with Gasteiger partial charge < -0.3 is 11.1 Å². The van der Waals surface area contributed by atoms with E-state index in [1.807, 2.05) is 5.43 Å². The highest BCUT2D eigenvalue weighted by molar-refractivity contribution is 9.10. The second kappa shape index (κ2) is 8.93. The van der Waals surface area contributed by atoms with Crippen LogP contribution >= 0.6 is 39.1 Å². The average Bonchev–Trinajstić information content (AvgIpc) is 3.09. The van der Waals surface area contributed by atoms with Crippen molar-refractivity contribution in [3.8, 4) is 5.82 Å². The molecule has 0 atom stereocenters. The molecule has 0 unspecified atom stereocenters. The second-order valence-electron chi connectivity index (χ2n) is 5.80. The first-order valence-corrected chi connectivity index (χ1v) is 9.75. The molecule has 0 saturated carbocycles. The predicted molar refractivity (Wildman–Crippen MR) is 115 cm³/mol. The molecule has 2 amide bonds. The summed E-state index contributed by atoms with van der Waals surface area (Å²) in [6.07, 6.45) is 1.56. The van der Waals surface area contributed by atoms with E-state index in [1.165, 1.54) is 6.07 Å². The standard InChI is InChI=1S/C18H15BrCl2N6O2/c19-14-4-3-13(27(14)16-12(21)2-1-5-24-16)18(29)25-15-9(8-22)6-10(20)7-11(15)17(28)26-23/h1-7H,8,22-23H2,(H,25,29)(H,26,28). The van der Waals surface area contributed by atoms with Gasteiger partial charge in [-0.05, 0) is 57.9 Å². The summed E-state index contributed by atoms with van der Waals surface area (Å²) in [5, 5.41) is 3.37. The van der Waals surface area contributed by atoms with E-state index in [0.29, 0.717) is 21.0 Å². The van der Waals surface area contributed by atoms with E-state index in [2.05, 4.69) is 26.2 Å². The summed E-state index contributed by atoms with van der Waals surface area (Å²) in [6, 6.07) is 9.57. The molecule has 0 aliphatic rings. The monoisotopic (exact) mass is 496 g/mol. The summed E-state index contributed by atoms with van der Waals surface area (Å²) < 4.78 is 2.11. The van der Waals surface area contributed by atoms with Gasteiger partial charge in [-0.3, -0.25) is 19.6 Å². The highest BCUT2D eigenvalue weighted by Crippen LogP contribution is 2.29. The zero-order valence-corrected chi connectivity index (χ0v) is 17.8. The molecule has 29 heavy (non-hydrogen) atoms. The van der Waals surface area contributed by atoms with Gasteiger partial charge in [0.1, 0.15) is 5.69 Å². The Morgan fingerprint density at radius 3 is 2.59 bits per heavy atom. The normalized spacial score (nSPS) is 10.7. The van der Waals surface area contributed by atoms with Crippen LogP contribution in [0.3, 0.4) is 0 Å². The third-order valence-corrected chi connectivity index (χ3v) is 5.17. The number of benzene rings is 1. The first-order valence-electron chi connectivity index (χ1n) is 8.20. The van der Waals surface area contributed by atoms with Crippen LogP contribution in [0.25, 0.3) is 5.82 Å². The highest BCUT2D eigenvalue weighted by Gasteiger charge is 2.22. The quantitative estimate of drug-likeness (QED) is 0.244. The fraction of sp³-hybridized carbons (Fsp3) is 0.0556. The number of pyridine rings is 1. The molecule has 3 aromatic rings. The molecule has 0 saturated heterocycles. The number of halogens is 3. The van der Waals surface area contributed by atoms with Crippen molar-refractivity contribution < 1.29 is 9.59 Å². The Bertz CT molecular complexity index is 1100. The van der Waals surface area contributed by atoms with E-state index >= 15 is 0 Å². The van der Waals surface area contributed by atoms with Gasteiger partial charge in [-0.1, -0.05) is 23.2 Å². The molecule has 11 heteroatoms. The Kier molecular flexibility index (Phi) is 6.56. The summed E-state index contributed by atoms with van der Waals surface area (Å²) in [5.41, 5.74) is 8.80. The van der Waals surface area contributed by atoms with Gasteiger partial charge in [-0.2, -0.15) is 0 Å². The summed E-state index contributed by atoms with van der Waals surface area (Å²) in [7, 11) is 0. The van der Waals surface area contributed by atoms with Crippen molar-refractivity contribution >= 4 is 56.6 Å². The van der Waals surface area contributed by atoms with E-state index in [4.69, 9.17) is 34.8 Å². The molecule has 0 radical (unpaired) electrons. The van der Waals surface area contributed by atoms with Gasteiger partial charge in [0.25, 0.3) is 11.8 Å². The van der Waals surface area contributed by atoms with E-state index < -0.39 is 11.8 Å². The van der Waals surface area contributed by atoms with Crippen LogP contribution in [-0.4, -0.2) is 21.4 Å². The van der Waals surface area contributed by atoms with E-state index in [9.17, 15) is 9.59 Å². The molecule has 150 valence electrons. The molecular weight excluding hydrogens is 483 g/mol. The van der Waals surface area contributed by atoms with Crippen LogP contribution in [0, 0.1) is 0 Å². The minimum Gasteiger partial charge on any atom is -0.326 e. The SMILES string of the molecule is NCc1cc(Cl)cc(C(=O)NN)c1NC(=O)c1ccc(Br)n1-c1ncccc1Cl. The van der Waals surface area contributed by atoms with Crippen LogP contribution in [0.4, 0.5) is 5.69 Å². The molecule has 6 N–H and O–H groups in total. The number of aromatic nitrogens is 2. The lowest BCUT2D eigenvalue weighted by atomic mass is 10.1. The number of carbonyl (C=O) groups excluding carboxylic acids is 2.